The Morgan fingerprint density at radius 2 is 1.41 bits per heavy atom. The van der Waals surface area contributed by atoms with Gasteiger partial charge in [-0.05, 0) is 5.56 Å². The molecule has 2 N–H and O–H groups in total. The van der Waals surface area contributed by atoms with Crippen molar-refractivity contribution in [1.82, 2.24) is 0 Å². The van der Waals surface area contributed by atoms with Crippen LogP contribution in [-0.4, -0.2) is 26.2 Å². The van der Waals surface area contributed by atoms with Gasteiger partial charge in [-0.15, -0.1) is 0 Å². The largest absolute Gasteiger partial charge is 0.466 e. The monoisotopic (exact) mass is 479 g/mol. The van der Waals surface area contributed by atoms with Crippen LogP contribution in [0.25, 0.3) is 0 Å². The molecule has 34 heavy (non-hydrogen) atoms. The van der Waals surface area contributed by atoms with Gasteiger partial charge in [0.25, 0.3) is 0 Å². The Kier molecular flexibility index (Phi) is 6.58. The molecule has 0 aromatic heterocycles. The van der Waals surface area contributed by atoms with E-state index in [9.17, 15) is 36.8 Å². The fourth-order valence-electron chi connectivity index (χ4n) is 3.54. The Labute approximate surface area is 189 Å². The molecule has 1 unspecified atom stereocenters. The van der Waals surface area contributed by atoms with Crippen LogP contribution in [0.4, 0.5) is 27.6 Å². The molecule has 1 aliphatic heterocycles. The van der Waals surface area contributed by atoms with Crippen molar-refractivity contribution in [2.75, 3.05) is 19.1 Å². The third-order valence-electron chi connectivity index (χ3n) is 5.02. The number of carbonyl (C=O) groups is 2. The zero-order valence-electron chi connectivity index (χ0n) is 17.5. The van der Waals surface area contributed by atoms with E-state index >= 15 is 0 Å². The van der Waals surface area contributed by atoms with Crippen LogP contribution < -0.4 is 10.6 Å². The maximum atomic E-state index is 14.7. The van der Waals surface area contributed by atoms with Crippen molar-refractivity contribution in [2.24, 2.45) is 5.73 Å². The number of halogens is 5. The maximum absolute atomic E-state index is 14.7. The van der Waals surface area contributed by atoms with E-state index in [0.717, 1.165) is 14.2 Å². The highest BCUT2D eigenvalue weighted by molar-refractivity contribution is 6.06. The molecule has 0 saturated heterocycles. The predicted octanol–water partition coefficient (Wildman–Crippen LogP) is 3.28. The van der Waals surface area contributed by atoms with E-state index < -0.39 is 75.3 Å². The Morgan fingerprint density at radius 3 is 1.88 bits per heavy atom. The van der Waals surface area contributed by atoms with E-state index in [1.54, 1.807) is 12.1 Å². The molecule has 1 heterocycles. The van der Waals surface area contributed by atoms with Crippen LogP contribution in [0.1, 0.15) is 11.5 Å². The first-order valence-electron chi connectivity index (χ1n) is 9.29. The average Bonchev–Trinajstić information content (AvgIpc) is 2.86. The van der Waals surface area contributed by atoms with Crippen LogP contribution in [0.2, 0.25) is 0 Å². The van der Waals surface area contributed by atoms with Crippen molar-refractivity contribution >= 4 is 17.6 Å². The number of allylic oxidation sites excluding steroid dienone is 1. The summed E-state index contributed by atoms with van der Waals surface area (Å²) in [5, 5.41) is 9.80. The quantitative estimate of drug-likeness (QED) is 0.311. The van der Waals surface area contributed by atoms with Gasteiger partial charge in [-0.25, -0.2) is 31.5 Å². The van der Waals surface area contributed by atoms with Gasteiger partial charge in [-0.1, -0.05) is 30.3 Å². The number of esters is 2. The molecule has 0 saturated carbocycles. The molecule has 3 rings (SSSR count). The van der Waals surface area contributed by atoms with Gasteiger partial charge in [-0.2, -0.15) is 5.26 Å². The lowest BCUT2D eigenvalue weighted by Gasteiger charge is -2.36. The fourth-order valence-corrected chi connectivity index (χ4v) is 3.54. The summed E-state index contributed by atoms with van der Waals surface area (Å²) in [6.45, 7) is 0. The van der Waals surface area contributed by atoms with E-state index in [1.807, 2.05) is 0 Å². The molecular weight excluding hydrogens is 465 g/mol. The van der Waals surface area contributed by atoms with Gasteiger partial charge in [0.2, 0.25) is 5.82 Å². The van der Waals surface area contributed by atoms with Crippen molar-refractivity contribution in [2.45, 2.75) is 5.92 Å². The normalized spacial score (nSPS) is 15.8. The molecule has 1 atom stereocenters. The van der Waals surface area contributed by atoms with Crippen LogP contribution in [0, 0.1) is 40.4 Å². The standard InChI is InChI=1S/C22H14F5N3O4/c1-33-21(31)12-11(9-6-4-3-5-7-9)10(8-28)20(29)30(18(12)22(32)34-2)19-16(26)14(24)13(23)15(25)17(19)27/h3-7,11H,29H2,1-2H3. The van der Waals surface area contributed by atoms with E-state index in [-0.39, 0.29) is 10.5 Å². The summed E-state index contributed by atoms with van der Waals surface area (Å²) in [5.74, 6) is -16.8. The minimum absolute atomic E-state index is 0.0896. The summed E-state index contributed by atoms with van der Waals surface area (Å²) in [4.78, 5) is 25.7. The summed E-state index contributed by atoms with van der Waals surface area (Å²) < 4.78 is 80.5. The minimum atomic E-state index is -2.46. The molecule has 12 heteroatoms. The van der Waals surface area contributed by atoms with Crippen LogP contribution in [0.5, 0.6) is 0 Å². The van der Waals surface area contributed by atoms with Crippen LogP contribution in [0.15, 0.2) is 53.0 Å². The summed E-state index contributed by atoms with van der Waals surface area (Å²) in [6, 6.07) is 9.27. The van der Waals surface area contributed by atoms with Crippen molar-refractivity contribution in [3.05, 3.63) is 87.6 Å². The second kappa shape index (κ2) is 9.22. The maximum Gasteiger partial charge on any atom is 0.355 e. The van der Waals surface area contributed by atoms with Crippen molar-refractivity contribution in [3.8, 4) is 6.07 Å². The number of carbonyl (C=O) groups excluding carboxylic acids is 2. The molecule has 2 aromatic carbocycles. The third-order valence-corrected chi connectivity index (χ3v) is 5.02. The Morgan fingerprint density at radius 1 is 0.912 bits per heavy atom. The minimum Gasteiger partial charge on any atom is -0.466 e. The Balaban J connectivity index is 2.54. The second-order valence-electron chi connectivity index (χ2n) is 6.75. The van der Waals surface area contributed by atoms with E-state index in [2.05, 4.69) is 4.74 Å². The predicted molar refractivity (Wildman–Crippen MR) is 106 cm³/mol. The van der Waals surface area contributed by atoms with Gasteiger partial charge in [0.05, 0.1) is 37.4 Å². The number of nitrogens with two attached hydrogens (primary N) is 1. The number of rotatable bonds is 4. The lowest BCUT2D eigenvalue weighted by molar-refractivity contribution is -0.139. The number of benzene rings is 2. The van der Waals surface area contributed by atoms with Crippen LogP contribution in [-0.2, 0) is 19.1 Å². The lowest BCUT2D eigenvalue weighted by atomic mass is 9.81. The molecule has 0 fully saturated rings. The van der Waals surface area contributed by atoms with Gasteiger partial charge in [0, 0.05) is 0 Å². The van der Waals surface area contributed by atoms with Gasteiger partial charge < -0.3 is 15.2 Å². The number of methoxy groups -OCH3 is 2. The zero-order valence-corrected chi connectivity index (χ0v) is 17.5. The summed E-state index contributed by atoms with van der Waals surface area (Å²) in [7, 11) is 1.76. The molecule has 1 aliphatic rings. The smallest absolute Gasteiger partial charge is 0.355 e. The lowest BCUT2D eigenvalue weighted by Crippen LogP contribution is -2.41. The first-order valence-corrected chi connectivity index (χ1v) is 9.29. The number of nitrogens with zero attached hydrogens (tertiary/aromatic N) is 2. The first kappa shape index (κ1) is 24.2. The number of nitriles is 1. The van der Waals surface area contributed by atoms with Crippen molar-refractivity contribution in [1.29, 1.82) is 5.26 Å². The van der Waals surface area contributed by atoms with Gasteiger partial charge in [0.1, 0.15) is 17.2 Å². The van der Waals surface area contributed by atoms with E-state index in [0.29, 0.717) is 0 Å². The Bertz CT molecular complexity index is 1270. The average molecular weight is 479 g/mol. The molecule has 0 radical (unpaired) electrons. The number of hydrogen-bond acceptors (Lipinski definition) is 7. The van der Waals surface area contributed by atoms with Gasteiger partial charge in [0.15, 0.2) is 23.3 Å². The summed E-state index contributed by atoms with van der Waals surface area (Å²) in [5.41, 5.74) is 2.33. The first-order chi connectivity index (χ1) is 16.1. The number of anilines is 1. The fraction of sp³-hybridized carbons (Fsp3) is 0.136. The van der Waals surface area contributed by atoms with Gasteiger partial charge in [-0.3, -0.25) is 4.90 Å². The third kappa shape index (κ3) is 3.61. The number of ether oxygens (including phenoxy) is 2. The second-order valence-corrected chi connectivity index (χ2v) is 6.75. The highest BCUT2D eigenvalue weighted by Crippen LogP contribution is 2.45. The highest BCUT2D eigenvalue weighted by atomic mass is 19.2. The molecular formula is C22H14F5N3O4. The van der Waals surface area contributed by atoms with Crippen molar-refractivity contribution in [3.63, 3.8) is 0 Å². The van der Waals surface area contributed by atoms with E-state index in [1.165, 1.54) is 24.3 Å². The molecule has 0 aliphatic carbocycles. The van der Waals surface area contributed by atoms with E-state index in [4.69, 9.17) is 10.5 Å². The number of hydrogen-bond donors (Lipinski definition) is 1. The van der Waals surface area contributed by atoms with Crippen LogP contribution in [0.3, 0.4) is 0 Å². The molecule has 2 aromatic rings. The van der Waals surface area contributed by atoms with Crippen molar-refractivity contribution < 1.29 is 41.0 Å². The molecule has 0 spiro atoms. The molecule has 7 nitrogen and oxygen atoms in total. The molecule has 0 amide bonds. The molecule has 0 bridgehead atoms. The van der Waals surface area contributed by atoms with Crippen LogP contribution >= 0.6 is 0 Å². The Hall–Kier alpha value is -4.40. The topological polar surface area (TPSA) is 106 Å². The SMILES string of the molecule is COC(=O)C1=C(C(=O)OC)N(c2c(F)c(F)c(F)c(F)c2F)C(N)=C(C#N)C1c1ccccc1. The summed E-state index contributed by atoms with van der Waals surface area (Å²) in [6.07, 6.45) is 0. The van der Waals surface area contributed by atoms with Gasteiger partial charge >= 0.3 is 11.9 Å². The zero-order chi connectivity index (χ0) is 25.3. The molecule has 176 valence electrons. The highest BCUT2D eigenvalue weighted by Gasteiger charge is 2.45. The summed E-state index contributed by atoms with van der Waals surface area (Å²) >= 11 is 0.